The van der Waals surface area contributed by atoms with Crippen LogP contribution in [0, 0.1) is 6.92 Å². The third-order valence-corrected chi connectivity index (χ3v) is 3.26. The van der Waals surface area contributed by atoms with E-state index < -0.39 is 0 Å². The normalized spacial score (nSPS) is 10.8. The maximum atomic E-state index is 12.2. The second kappa shape index (κ2) is 5.25. The molecule has 0 unspecified atom stereocenters. The van der Waals surface area contributed by atoms with Crippen molar-refractivity contribution in [2.75, 3.05) is 0 Å². The number of hydrogen-bond acceptors (Lipinski definition) is 3. The number of Topliss-reactive ketones (excluding diaryl/α,β-unsaturated/α-hetero) is 1. The van der Waals surface area contributed by atoms with E-state index >= 15 is 0 Å². The number of rotatable bonds is 4. The van der Waals surface area contributed by atoms with Crippen LogP contribution < -0.4 is 0 Å². The van der Waals surface area contributed by atoms with Gasteiger partial charge in [-0.1, -0.05) is 12.1 Å². The van der Waals surface area contributed by atoms with Crippen LogP contribution in [-0.4, -0.2) is 20.2 Å². The van der Waals surface area contributed by atoms with Gasteiger partial charge in [0.2, 0.25) is 0 Å². The van der Waals surface area contributed by atoms with Gasteiger partial charge in [0.25, 0.3) is 0 Å². The maximum absolute atomic E-state index is 12.2. The second-order valence-corrected chi connectivity index (χ2v) is 4.87. The smallest absolute Gasteiger partial charge is 0.143 e. The molecule has 0 radical (unpaired) electrons. The first-order valence-corrected chi connectivity index (χ1v) is 6.56. The van der Waals surface area contributed by atoms with Crippen molar-refractivity contribution >= 4 is 11.4 Å². The lowest BCUT2D eigenvalue weighted by Crippen LogP contribution is -2.09. The molecule has 0 aromatic carbocycles. The SMILES string of the molecule is Cc1ccc(CC(=O)Cc2cccc3nccn23)cn1. The fraction of sp³-hybridized carbons (Fsp3) is 0.188. The fourth-order valence-corrected chi connectivity index (χ4v) is 2.25. The summed E-state index contributed by atoms with van der Waals surface area (Å²) >= 11 is 0. The van der Waals surface area contributed by atoms with Gasteiger partial charge in [-0.15, -0.1) is 0 Å². The quantitative estimate of drug-likeness (QED) is 0.727. The van der Waals surface area contributed by atoms with E-state index in [0.717, 1.165) is 22.6 Å². The topological polar surface area (TPSA) is 47.3 Å². The molecule has 3 aromatic rings. The van der Waals surface area contributed by atoms with Crippen molar-refractivity contribution in [2.24, 2.45) is 0 Å². The highest BCUT2D eigenvalue weighted by molar-refractivity contribution is 5.82. The van der Waals surface area contributed by atoms with Crippen LogP contribution in [0.5, 0.6) is 0 Å². The Hall–Kier alpha value is -2.49. The summed E-state index contributed by atoms with van der Waals surface area (Å²) in [5.74, 6) is 0.178. The van der Waals surface area contributed by atoms with Gasteiger partial charge in [-0.25, -0.2) is 4.98 Å². The van der Waals surface area contributed by atoms with Gasteiger partial charge in [0.1, 0.15) is 11.4 Å². The summed E-state index contributed by atoms with van der Waals surface area (Å²) in [7, 11) is 0. The molecule has 3 rings (SSSR count). The van der Waals surface area contributed by atoms with Crippen molar-refractivity contribution in [1.29, 1.82) is 0 Å². The number of aryl methyl sites for hydroxylation is 1. The Labute approximate surface area is 117 Å². The van der Waals surface area contributed by atoms with Gasteiger partial charge in [-0.3, -0.25) is 9.78 Å². The Balaban J connectivity index is 1.76. The number of fused-ring (bicyclic) bond motifs is 1. The molecule has 20 heavy (non-hydrogen) atoms. The third-order valence-electron chi connectivity index (χ3n) is 3.26. The van der Waals surface area contributed by atoms with Crippen LogP contribution in [0.4, 0.5) is 0 Å². The van der Waals surface area contributed by atoms with Gasteiger partial charge in [-0.2, -0.15) is 0 Å². The molecule has 3 aromatic heterocycles. The summed E-state index contributed by atoms with van der Waals surface area (Å²) in [6.07, 6.45) is 6.21. The van der Waals surface area contributed by atoms with E-state index in [1.165, 1.54) is 0 Å². The van der Waals surface area contributed by atoms with Crippen molar-refractivity contribution in [1.82, 2.24) is 14.4 Å². The highest BCUT2D eigenvalue weighted by Crippen LogP contribution is 2.09. The summed E-state index contributed by atoms with van der Waals surface area (Å²) in [4.78, 5) is 20.6. The Morgan fingerprint density at radius 3 is 2.85 bits per heavy atom. The minimum absolute atomic E-state index is 0.178. The van der Waals surface area contributed by atoms with Crippen molar-refractivity contribution in [3.63, 3.8) is 0 Å². The van der Waals surface area contributed by atoms with E-state index in [1.807, 2.05) is 47.9 Å². The van der Waals surface area contributed by atoms with Crippen molar-refractivity contribution in [3.05, 3.63) is 65.9 Å². The average molecular weight is 265 g/mol. The molecule has 0 saturated carbocycles. The minimum atomic E-state index is 0.178. The number of aromatic nitrogens is 3. The second-order valence-electron chi connectivity index (χ2n) is 4.87. The van der Waals surface area contributed by atoms with E-state index in [-0.39, 0.29) is 5.78 Å². The van der Waals surface area contributed by atoms with Crippen LogP contribution in [0.1, 0.15) is 17.0 Å². The van der Waals surface area contributed by atoms with Crippen LogP contribution in [0.2, 0.25) is 0 Å². The number of carbonyl (C=O) groups excluding carboxylic acids is 1. The largest absolute Gasteiger partial charge is 0.304 e. The molecule has 4 heteroatoms. The molecule has 0 bridgehead atoms. The average Bonchev–Trinajstić information content (AvgIpc) is 2.91. The molecule has 0 atom stereocenters. The highest BCUT2D eigenvalue weighted by Gasteiger charge is 2.08. The first kappa shape index (κ1) is 12.5. The van der Waals surface area contributed by atoms with Gasteiger partial charge in [0.15, 0.2) is 0 Å². The molecule has 0 spiro atoms. The van der Waals surface area contributed by atoms with Gasteiger partial charge in [0, 0.05) is 42.8 Å². The minimum Gasteiger partial charge on any atom is -0.304 e. The lowest BCUT2D eigenvalue weighted by Gasteiger charge is -2.05. The predicted octanol–water partition coefficient (Wildman–Crippen LogP) is 2.39. The third kappa shape index (κ3) is 2.59. The van der Waals surface area contributed by atoms with Crippen LogP contribution in [0.3, 0.4) is 0 Å². The molecule has 4 nitrogen and oxygen atoms in total. The Bertz CT molecular complexity index is 744. The summed E-state index contributed by atoms with van der Waals surface area (Å²) < 4.78 is 1.95. The van der Waals surface area contributed by atoms with Gasteiger partial charge < -0.3 is 4.40 Å². The van der Waals surface area contributed by atoms with Crippen LogP contribution in [0.15, 0.2) is 48.9 Å². The van der Waals surface area contributed by atoms with E-state index in [9.17, 15) is 4.79 Å². The summed E-state index contributed by atoms with van der Waals surface area (Å²) in [5, 5.41) is 0. The molecule has 0 aliphatic heterocycles. The number of imidazole rings is 1. The van der Waals surface area contributed by atoms with Crippen LogP contribution in [-0.2, 0) is 17.6 Å². The number of ketones is 1. The molecular formula is C16H15N3O. The number of hydrogen-bond donors (Lipinski definition) is 0. The molecule has 0 fully saturated rings. The van der Waals surface area contributed by atoms with E-state index in [0.29, 0.717) is 12.8 Å². The van der Waals surface area contributed by atoms with Crippen LogP contribution in [0.25, 0.3) is 5.65 Å². The molecule has 0 saturated heterocycles. The van der Waals surface area contributed by atoms with E-state index in [2.05, 4.69) is 9.97 Å². The maximum Gasteiger partial charge on any atom is 0.143 e. The Kier molecular flexibility index (Phi) is 3.29. The van der Waals surface area contributed by atoms with Gasteiger partial charge in [0.05, 0.1) is 0 Å². The highest BCUT2D eigenvalue weighted by atomic mass is 16.1. The van der Waals surface area contributed by atoms with E-state index in [1.54, 1.807) is 12.4 Å². The summed E-state index contributed by atoms with van der Waals surface area (Å²) in [6.45, 7) is 1.94. The zero-order valence-corrected chi connectivity index (χ0v) is 11.3. The zero-order chi connectivity index (χ0) is 13.9. The molecule has 100 valence electrons. The Morgan fingerprint density at radius 2 is 2.05 bits per heavy atom. The number of nitrogens with zero attached hydrogens (tertiary/aromatic N) is 3. The Morgan fingerprint density at radius 1 is 1.15 bits per heavy atom. The first-order chi connectivity index (χ1) is 9.72. The lowest BCUT2D eigenvalue weighted by molar-refractivity contribution is -0.117. The summed E-state index contributed by atoms with van der Waals surface area (Å²) in [6, 6.07) is 9.70. The van der Waals surface area contributed by atoms with Crippen molar-refractivity contribution in [2.45, 2.75) is 19.8 Å². The molecule has 0 N–H and O–H groups in total. The summed E-state index contributed by atoms with van der Waals surface area (Å²) in [5.41, 5.74) is 3.75. The van der Waals surface area contributed by atoms with Gasteiger partial charge in [-0.05, 0) is 30.7 Å². The molecule has 0 aliphatic rings. The van der Waals surface area contributed by atoms with Crippen molar-refractivity contribution in [3.8, 4) is 0 Å². The molecule has 3 heterocycles. The molecule has 0 aliphatic carbocycles. The molecule has 0 amide bonds. The molecular weight excluding hydrogens is 250 g/mol. The van der Waals surface area contributed by atoms with Crippen molar-refractivity contribution < 1.29 is 4.79 Å². The fourth-order valence-electron chi connectivity index (χ4n) is 2.25. The monoisotopic (exact) mass is 265 g/mol. The lowest BCUT2D eigenvalue weighted by atomic mass is 10.1. The van der Waals surface area contributed by atoms with Crippen LogP contribution >= 0.6 is 0 Å². The predicted molar refractivity (Wildman–Crippen MR) is 76.6 cm³/mol. The first-order valence-electron chi connectivity index (χ1n) is 6.56. The standard InChI is InChI=1S/C16H15N3O/c1-12-5-6-13(11-18-12)9-15(20)10-14-3-2-4-16-17-7-8-19(14)16/h2-8,11H,9-10H2,1H3. The van der Waals surface area contributed by atoms with Gasteiger partial charge >= 0.3 is 0 Å². The number of carbonyl (C=O) groups is 1. The number of pyridine rings is 2. The van der Waals surface area contributed by atoms with E-state index in [4.69, 9.17) is 0 Å². The zero-order valence-electron chi connectivity index (χ0n) is 11.3.